The first kappa shape index (κ1) is 15.8. The number of rotatable bonds is 7. The summed E-state index contributed by atoms with van der Waals surface area (Å²) in [5.74, 6) is 1.46. The molecule has 1 heterocycles. The highest BCUT2D eigenvalue weighted by atomic mass is 32.2. The zero-order valence-corrected chi connectivity index (χ0v) is 13.1. The van der Waals surface area contributed by atoms with Gasteiger partial charge in [-0.05, 0) is 35.2 Å². The summed E-state index contributed by atoms with van der Waals surface area (Å²) in [6.45, 7) is 0.642. The van der Waals surface area contributed by atoms with Gasteiger partial charge in [0.1, 0.15) is 5.82 Å². The molecule has 21 heavy (non-hydrogen) atoms. The average molecular weight is 321 g/mol. The largest absolute Gasteiger partial charge is 0.352 e. The maximum atomic E-state index is 12.7. The molecule has 1 aromatic heterocycles. The molecule has 1 N–H and O–H groups in total. The number of hydrogen-bond acceptors (Lipinski definition) is 3. The number of carbonyl (C=O) groups is 1. The molecule has 1 aromatic carbocycles. The Labute approximate surface area is 132 Å². The normalized spacial score (nSPS) is 10.9. The Hall–Kier alpha value is -1.59. The second-order valence-corrected chi connectivity index (χ2v) is 6.45. The second kappa shape index (κ2) is 8.64. The van der Waals surface area contributed by atoms with Crippen LogP contribution in [0.25, 0.3) is 6.08 Å². The van der Waals surface area contributed by atoms with Gasteiger partial charge in [0.05, 0.1) is 0 Å². The van der Waals surface area contributed by atoms with Gasteiger partial charge >= 0.3 is 0 Å². The predicted octanol–water partition coefficient (Wildman–Crippen LogP) is 3.95. The van der Waals surface area contributed by atoms with E-state index in [9.17, 15) is 9.18 Å². The highest BCUT2D eigenvalue weighted by molar-refractivity contribution is 7.98. The first-order valence-electron chi connectivity index (χ1n) is 6.55. The van der Waals surface area contributed by atoms with E-state index >= 15 is 0 Å². The molecule has 0 saturated carbocycles. The third-order valence-corrected chi connectivity index (χ3v) is 4.73. The third kappa shape index (κ3) is 6.14. The highest BCUT2D eigenvalue weighted by Crippen LogP contribution is 2.16. The zero-order chi connectivity index (χ0) is 14.9. The van der Waals surface area contributed by atoms with E-state index in [-0.39, 0.29) is 11.7 Å². The Morgan fingerprint density at radius 3 is 2.81 bits per heavy atom. The van der Waals surface area contributed by atoms with Crippen LogP contribution in [0.4, 0.5) is 4.39 Å². The Kier molecular flexibility index (Phi) is 6.50. The van der Waals surface area contributed by atoms with E-state index in [1.807, 2.05) is 6.07 Å². The molecule has 0 aliphatic carbocycles. The number of amides is 1. The molecule has 0 aliphatic rings. The lowest BCUT2D eigenvalue weighted by molar-refractivity contribution is -0.116. The maximum Gasteiger partial charge on any atom is 0.244 e. The molecule has 0 saturated heterocycles. The lowest BCUT2D eigenvalue weighted by atomic mass is 10.2. The minimum atomic E-state index is -0.278. The van der Waals surface area contributed by atoms with Gasteiger partial charge < -0.3 is 5.32 Å². The van der Waals surface area contributed by atoms with Gasteiger partial charge in [0.2, 0.25) is 5.91 Å². The molecule has 0 radical (unpaired) electrons. The lowest BCUT2D eigenvalue weighted by Gasteiger charge is -2.01. The van der Waals surface area contributed by atoms with Gasteiger partial charge in [0, 0.05) is 29.0 Å². The summed E-state index contributed by atoms with van der Waals surface area (Å²) in [5.41, 5.74) is 0.804. The monoisotopic (exact) mass is 321 g/mol. The summed E-state index contributed by atoms with van der Waals surface area (Å²) in [7, 11) is 0. The van der Waals surface area contributed by atoms with Crippen molar-refractivity contribution in [1.82, 2.24) is 5.32 Å². The van der Waals surface area contributed by atoms with E-state index in [1.165, 1.54) is 23.1 Å². The molecule has 0 bridgehead atoms. The first-order chi connectivity index (χ1) is 10.2. The van der Waals surface area contributed by atoms with Gasteiger partial charge in [-0.2, -0.15) is 11.8 Å². The Balaban J connectivity index is 1.62. The van der Waals surface area contributed by atoms with E-state index in [0.29, 0.717) is 6.54 Å². The van der Waals surface area contributed by atoms with Crippen molar-refractivity contribution in [2.45, 2.75) is 5.75 Å². The average Bonchev–Trinajstić information content (AvgIpc) is 2.99. The van der Waals surface area contributed by atoms with Crippen molar-refractivity contribution in [3.8, 4) is 0 Å². The molecule has 5 heteroatoms. The van der Waals surface area contributed by atoms with Crippen molar-refractivity contribution in [1.29, 1.82) is 0 Å². The molecular formula is C16H16FNOS2. The van der Waals surface area contributed by atoms with Crippen LogP contribution >= 0.6 is 23.1 Å². The van der Waals surface area contributed by atoms with Gasteiger partial charge in [-0.3, -0.25) is 4.79 Å². The molecule has 2 aromatic rings. The van der Waals surface area contributed by atoms with Gasteiger partial charge in [-0.15, -0.1) is 11.3 Å². The maximum absolute atomic E-state index is 12.7. The van der Waals surface area contributed by atoms with Gasteiger partial charge in [-0.1, -0.05) is 18.2 Å². The van der Waals surface area contributed by atoms with Gasteiger partial charge in [0.25, 0.3) is 0 Å². The highest BCUT2D eigenvalue weighted by Gasteiger charge is 1.97. The summed E-state index contributed by atoms with van der Waals surface area (Å²) in [4.78, 5) is 12.9. The number of benzene rings is 1. The number of thiophene rings is 1. The van der Waals surface area contributed by atoms with Crippen molar-refractivity contribution in [3.63, 3.8) is 0 Å². The van der Waals surface area contributed by atoms with E-state index in [1.54, 1.807) is 41.3 Å². The molecule has 1 amide bonds. The SMILES string of the molecule is O=C(/C=C/c1ccc(F)cc1)NCCSCc1cccs1. The van der Waals surface area contributed by atoms with Crippen molar-refractivity contribution in [3.05, 3.63) is 64.1 Å². The third-order valence-electron chi connectivity index (χ3n) is 2.67. The van der Waals surface area contributed by atoms with E-state index < -0.39 is 0 Å². The van der Waals surface area contributed by atoms with Crippen LogP contribution in [0.3, 0.4) is 0 Å². The molecule has 2 rings (SSSR count). The van der Waals surface area contributed by atoms with Crippen LogP contribution in [0.2, 0.25) is 0 Å². The molecule has 0 fully saturated rings. The zero-order valence-electron chi connectivity index (χ0n) is 11.4. The lowest BCUT2D eigenvalue weighted by Crippen LogP contribution is -2.23. The van der Waals surface area contributed by atoms with Crippen molar-refractivity contribution < 1.29 is 9.18 Å². The number of halogens is 1. The molecule has 0 aliphatic heterocycles. The fourth-order valence-corrected chi connectivity index (χ4v) is 3.32. The van der Waals surface area contributed by atoms with Crippen molar-refractivity contribution >= 4 is 35.1 Å². The molecule has 110 valence electrons. The summed E-state index contributed by atoms with van der Waals surface area (Å²) >= 11 is 3.55. The molecular weight excluding hydrogens is 305 g/mol. The van der Waals surface area contributed by atoms with Crippen LogP contribution in [-0.4, -0.2) is 18.2 Å². The van der Waals surface area contributed by atoms with Crippen LogP contribution in [0.5, 0.6) is 0 Å². The van der Waals surface area contributed by atoms with Crippen LogP contribution in [0, 0.1) is 5.82 Å². The fraction of sp³-hybridized carbons (Fsp3) is 0.188. The Morgan fingerprint density at radius 1 is 1.29 bits per heavy atom. The minimum Gasteiger partial charge on any atom is -0.352 e. The summed E-state index contributed by atoms with van der Waals surface area (Å²) < 4.78 is 12.7. The molecule has 0 atom stereocenters. The second-order valence-electron chi connectivity index (χ2n) is 4.31. The summed E-state index contributed by atoms with van der Waals surface area (Å²) in [5, 5.41) is 4.89. The number of nitrogens with one attached hydrogen (secondary N) is 1. The Bertz CT molecular complexity index is 579. The summed E-state index contributed by atoms with van der Waals surface area (Å²) in [6, 6.07) is 10.2. The van der Waals surface area contributed by atoms with Gasteiger partial charge in [-0.25, -0.2) is 4.39 Å². The molecule has 2 nitrogen and oxygen atoms in total. The van der Waals surface area contributed by atoms with Crippen LogP contribution in [0.15, 0.2) is 47.9 Å². The van der Waals surface area contributed by atoms with Crippen molar-refractivity contribution in [2.24, 2.45) is 0 Å². The van der Waals surface area contributed by atoms with Gasteiger partial charge in [0.15, 0.2) is 0 Å². The van der Waals surface area contributed by atoms with E-state index in [2.05, 4.69) is 16.8 Å². The van der Waals surface area contributed by atoms with Crippen molar-refractivity contribution in [2.75, 3.05) is 12.3 Å². The van der Waals surface area contributed by atoms with Crippen LogP contribution < -0.4 is 5.32 Å². The molecule has 0 unspecified atom stereocenters. The summed E-state index contributed by atoms with van der Waals surface area (Å²) in [6.07, 6.45) is 3.14. The quantitative estimate of drug-likeness (QED) is 0.618. The first-order valence-corrected chi connectivity index (χ1v) is 8.59. The van der Waals surface area contributed by atoms with Crippen LogP contribution in [0.1, 0.15) is 10.4 Å². The number of thioether (sulfide) groups is 1. The van der Waals surface area contributed by atoms with E-state index in [4.69, 9.17) is 0 Å². The topological polar surface area (TPSA) is 29.1 Å². The smallest absolute Gasteiger partial charge is 0.244 e. The minimum absolute atomic E-state index is 0.129. The Morgan fingerprint density at radius 2 is 2.10 bits per heavy atom. The van der Waals surface area contributed by atoms with Crippen LogP contribution in [-0.2, 0) is 10.5 Å². The number of carbonyl (C=O) groups excluding carboxylic acids is 1. The predicted molar refractivity (Wildman–Crippen MR) is 88.9 cm³/mol. The number of hydrogen-bond donors (Lipinski definition) is 1. The standard InChI is InChI=1S/C16H16FNOS2/c17-14-6-3-13(4-7-14)5-8-16(19)18-9-11-20-12-15-2-1-10-21-15/h1-8,10H,9,11-12H2,(H,18,19)/b8-5+. The van der Waals surface area contributed by atoms with E-state index in [0.717, 1.165) is 17.1 Å². The molecule has 0 spiro atoms. The fourth-order valence-electron chi connectivity index (χ4n) is 1.62.